The summed E-state index contributed by atoms with van der Waals surface area (Å²) in [6, 6.07) is 5.93. The van der Waals surface area contributed by atoms with E-state index in [0.717, 1.165) is 5.56 Å². The highest BCUT2D eigenvalue weighted by Gasteiger charge is 2.10. The number of nitrogen functional groups attached to an aromatic ring is 2. The van der Waals surface area contributed by atoms with Crippen molar-refractivity contribution in [1.29, 1.82) is 0 Å². The van der Waals surface area contributed by atoms with E-state index in [1.54, 1.807) is 12.1 Å². The van der Waals surface area contributed by atoms with Crippen LogP contribution >= 0.6 is 0 Å². The van der Waals surface area contributed by atoms with E-state index in [1.807, 2.05) is 0 Å². The maximum Gasteiger partial charge on any atom is 0.224 e. The quantitative estimate of drug-likeness (QED) is 0.598. The molecule has 0 unspecified atom stereocenters. The largest absolute Gasteiger partial charge is 0.382 e. The molecular weight excluding hydrogens is 235 g/mol. The molecule has 1 aromatic carbocycles. The van der Waals surface area contributed by atoms with Gasteiger partial charge in [-0.05, 0) is 24.3 Å². The Morgan fingerprint density at radius 3 is 2.44 bits per heavy atom. The molecule has 3 aromatic rings. The van der Waals surface area contributed by atoms with Crippen molar-refractivity contribution < 1.29 is 4.39 Å². The Labute approximate surface area is 101 Å². The monoisotopic (exact) mass is 244 g/mol. The maximum atomic E-state index is 12.8. The zero-order valence-electron chi connectivity index (χ0n) is 9.18. The number of nitrogens with one attached hydrogen (secondary N) is 1. The zero-order chi connectivity index (χ0) is 12.7. The SMILES string of the molecule is Nc1nc(N)c2nc(-c3ccc(F)cc3)[nH]c2n1. The van der Waals surface area contributed by atoms with Crippen LogP contribution in [0.25, 0.3) is 22.6 Å². The van der Waals surface area contributed by atoms with Crippen LogP contribution < -0.4 is 11.5 Å². The molecule has 90 valence electrons. The lowest BCUT2D eigenvalue weighted by atomic mass is 10.2. The Hall–Kier alpha value is -2.70. The number of anilines is 2. The number of rotatable bonds is 1. The zero-order valence-corrected chi connectivity index (χ0v) is 9.18. The molecule has 0 amide bonds. The number of nitrogens with zero attached hydrogens (tertiary/aromatic N) is 3. The van der Waals surface area contributed by atoms with Crippen LogP contribution in [0.5, 0.6) is 0 Å². The molecule has 0 radical (unpaired) electrons. The third-order valence-electron chi connectivity index (χ3n) is 2.51. The fourth-order valence-corrected chi connectivity index (χ4v) is 1.68. The van der Waals surface area contributed by atoms with Crippen LogP contribution in [0, 0.1) is 5.82 Å². The summed E-state index contributed by atoms with van der Waals surface area (Å²) >= 11 is 0. The van der Waals surface area contributed by atoms with Crippen LogP contribution in [-0.4, -0.2) is 19.9 Å². The second kappa shape index (κ2) is 3.66. The molecule has 0 aliphatic heterocycles. The molecule has 2 heterocycles. The summed E-state index contributed by atoms with van der Waals surface area (Å²) in [6.45, 7) is 0. The van der Waals surface area contributed by atoms with Crippen molar-refractivity contribution in [1.82, 2.24) is 19.9 Å². The van der Waals surface area contributed by atoms with Crippen molar-refractivity contribution >= 4 is 22.9 Å². The van der Waals surface area contributed by atoms with Crippen LogP contribution in [0.4, 0.5) is 16.2 Å². The lowest BCUT2D eigenvalue weighted by Gasteiger charge is -1.94. The summed E-state index contributed by atoms with van der Waals surface area (Å²) in [5.41, 5.74) is 12.8. The van der Waals surface area contributed by atoms with E-state index in [4.69, 9.17) is 11.5 Å². The smallest absolute Gasteiger partial charge is 0.224 e. The number of benzene rings is 1. The minimum Gasteiger partial charge on any atom is -0.382 e. The van der Waals surface area contributed by atoms with Gasteiger partial charge in [-0.3, -0.25) is 0 Å². The lowest BCUT2D eigenvalue weighted by molar-refractivity contribution is 0.628. The van der Waals surface area contributed by atoms with Crippen molar-refractivity contribution in [3.05, 3.63) is 30.1 Å². The number of nitrogens with two attached hydrogens (primary N) is 2. The van der Waals surface area contributed by atoms with Gasteiger partial charge < -0.3 is 16.5 Å². The summed E-state index contributed by atoms with van der Waals surface area (Å²) in [5, 5.41) is 0. The molecule has 6 nitrogen and oxygen atoms in total. The van der Waals surface area contributed by atoms with Crippen LogP contribution in [0.15, 0.2) is 24.3 Å². The van der Waals surface area contributed by atoms with Gasteiger partial charge in [0, 0.05) is 5.56 Å². The number of aromatic amines is 1. The Bertz CT molecular complexity index is 718. The average molecular weight is 244 g/mol. The standard InChI is InChI=1S/C11H9FN6/c12-6-3-1-5(2-4-6)9-15-7-8(13)16-11(14)18-10(7)17-9/h1-4H,(H5,13,14,15,16,17,18). The predicted molar refractivity (Wildman–Crippen MR) is 65.9 cm³/mol. The molecule has 0 fully saturated rings. The second-order valence-corrected chi connectivity index (χ2v) is 3.76. The molecule has 0 aliphatic carbocycles. The summed E-state index contributed by atoms with van der Waals surface area (Å²) in [7, 11) is 0. The summed E-state index contributed by atoms with van der Waals surface area (Å²) in [5.74, 6) is 0.520. The third kappa shape index (κ3) is 1.61. The summed E-state index contributed by atoms with van der Waals surface area (Å²) < 4.78 is 12.8. The second-order valence-electron chi connectivity index (χ2n) is 3.76. The van der Waals surface area contributed by atoms with Gasteiger partial charge in [0.2, 0.25) is 5.95 Å². The van der Waals surface area contributed by atoms with Crippen LogP contribution in [0.2, 0.25) is 0 Å². The van der Waals surface area contributed by atoms with E-state index in [0.29, 0.717) is 17.0 Å². The highest BCUT2D eigenvalue weighted by Crippen LogP contribution is 2.22. The van der Waals surface area contributed by atoms with Crippen molar-refractivity contribution in [3.8, 4) is 11.4 Å². The van der Waals surface area contributed by atoms with Gasteiger partial charge in [0.1, 0.15) is 11.6 Å². The molecule has 3 rings (SSSR count). The molecule has 0 bridgehead atoms. The predicted octanol–water partition coefficient (Wildman–Crippen LogP) is 1.32. The molecule has 0 spiro atoms. The minimum atomic E-state index is -0.307. The summed E-state index contributed by atoms with van der Waals surface area (Å²) in [4.78, 5) is 15.1. The number of hydrogen-bond donors (Lipinski definition) is 3. The highest BCUT2D eigenvalue weighted by molar-refractivity contribution is 5.85. The molecule has 2 aromatic heterocycles. The molecule has 18 heavy (non-hydrogen) atoms. The van der Waals surface area contributed by atoms with E-state index < -0.39 is 0 Å². The van der Waals surface area contributed by atoms with E-state index in [1.165, 1.54) is 12.1 Å². The van der Waals surface area contributed by atoms with Crippen LogP contribution in [0.3, 0.4) is 0 Å². The molecule has 5 N–H and O–H groups in total. The van der Waals surface area contributed by atoms with Crippen molar-refractivity contribution in [2.24, 2.45) is 0 Å². The van der Waals surface area contributed by atoms with Gasteiger partial charge in [-0.15, -0.1) is 0 Å². The first kappa shape index (κ1) is 10.5. The van der Waals surface area contributed by atoms with Gasteiger partial charge in [0.05, 0.1) is 0 Å². The summed E-state index contributed by atoms with van der Waals surface area (Å²) in [6.07, 6.45) is 0. The van der Waals surface area contributed by atoms with Crippen molar-refractivity contribution in [2.75, 3.05) is 11.5 Å². The number of imidazole rings is 1. The van der Waals surface area contributed by atoms with Gasteiger partial charge >= 0.3 is 0 Å². The number of H-pyrrole nitrogens is 1. The topological polar surface area (TPSA) is 106 Å². The number of fused-ring (bicyclic) bond motifs is 1. The first-order chi connectivity index (χ1) is 8.63. The van der Waals surface area contributed by atoms with Gasteiger partial charge in [0.15, 0.2) is 17.0 Å². The van der Waals surface area contributed by atoms with Crippen molar-refractivity contribution in [3.63, 3.8) is 0 Å². The first-order valence-corrected chi connectivity index (χ1v) is 5.18. The normalized spacial score (nSPS) is 10.9. The number of aromatic nitrogens is 4. The van der Waals surface area contributed by atoms with E-state index in [-0.39, 0.29) is 17.6 Å². The number of hydrogen-bond acceptors (Lipinski definition) is 5. The van der Waals surface area contributed by atoms with Crippen LogP contribution in [-0.2, 0) is 0 Å². The van der Waals surface area contributed by atoms with Gasteiger partial charge in [0.25, 0.3) is 0 Å². The van der Waals surface area contributed by atoms with E-state index >= 15 is 0 Å². The molecule has 0 saturated carbocycles. The highest BCUT2D eigenvalue weighted by atomic mass is 19.1. The maximum absolute atomic E-state index is 12.8. The molecule has 0 aliphatic rings. The van der Waals surface area contributed by atoms with E-state index in [2.05, 4.69) is 19.9 Å². The fraction of sp³-hybridized carbons (Fsp3) is 0. The Kier molecular flexibility index (Phi) is 2.12. The van der Waals surface area contributed by atoms with Gasteiger partial charge in [-0.2, -0.15) is 9.97 Å². The molecule has 0 atom stereocenters. The van der Waals surface area contributed by atoms with E-state index in [9.17, 15) is 4.39 Å². The Balaban J connectivity index is 2.19. The van der Waals surface area contributed by atoms with Gasteiger partial charge in [-0.1, -0.05) is 0 Å². The van der Waals surface area contributed by atoms with Gasteiger partial charge in [-0.25, -0.2) is 9.37 Å². The fourth-order valence-electron chi connectivity index (χ4n) is 1.68. The Morgan fingerprint density at radius 1 is 1.00 bits per heavy atom. The molecule has 7 heteroatoms. The van der Waals surface area contributed by atoms with Crippen molar-refractivity contribution in [2.45, 2.75) is 0 Å². The molecular formula is C11H9FN6. The third-order valence-corrected chi connectivity index (χ3v) is 2.51. The average Bonchev–Trinajstić information content (AvgIpc) is 2.74. The minimum absolute atomic E-state index is 0.0781. The molecule has 0 saturated heterocycles. The first-order valence-electron chi connectivity index (χ1n) is 5.18. The Morgan fingerprint density at radius 2 is 1.72 bits per heavy atom. The van der Waals surface area contributed by atoms with Crippen LogP contribution in [0.1, 0.15) is 0 Å². The number of halogens is 1. The lowest BCUT2D eigenvalue weighted by Crippen LogP contribution is -1.99.